The van der Waals surface area contributed by atoms with Crippen molar-refractivity contribution in [1.82, 2.24) is 25.8 Å². The van der Waals surface area contributed by atoms with Gasteiger partial charge in [0, 0.05) is 51.4 Å². The minimum absolute atomic E-state index is 0.609. The maximum atomic E-state index is 5.97. The normalized spacial score (nSPS) is 11.4. The quantitative estimate of drug-likeness (QED) is 0.264. The van der Waals surface area contributed by atoms with Crippen LogP contribution in [-0.4, -0.2) is 48.5 Å². The molecule has 0 fully saturated rings. The highest BCUT2D eigenvalue weighted by atomic mass is 16.5. The predicted octanol–water partition coefficient (Wildman–Crippen LogP) is 3.06. The Bertz CT molecular complexity index is 972. The predicted molar refractivity (Wildman–Crippen MR) is 122 cm³/mol. The second kappa shape index (κ2) is 11.7. The van der Waals surface area contributed by atoms with E-state index in [1.54, 1.807) is 14.2 Å². The molecule has 8 nitrogen and oxygen atoms in total. The monoisotopic (exact) mass is 422 g/mol. The number of aliphatic imine (C=N–C) groups is 1. The Morgan fingerprint density at radius 3 is 2.74 bits per heavy atom. The first-order valence-corrected chi connectivity index (χ1v) is 10.3. The first kappa shape index (κ1) is 22.3. The average Bonchev–Trinajstić information content (AvgIpc) is 3.33. The Balaban J connectivity index is 1.56. The topological polar surface area (TPSA) is 96.5 Å². The first-order valence-electron chi connectivity index (χ1n) is 10.3. The number of guanidine groups is 1. The van der Waals surface area contributed by atoms with Crippen molar-refractivity contribution in [1.29, 1.82) is 0 Å². The van der Waals surface area contributed by atoms with Gasteiger partial charge in [0.05, 0.1) is 6.61 Å². The number of benzene rings is 2. The number of methoxy groups -OCH3 is 1. The van der Waals surface area contributed by atoms with Gasteiger partial charge in [-0.1, -0.05) is 30.3 Å². The number of aromatic amines is 1. The van der Waals surface area contributed by atoms with Gasteiger partial charge in [-0.15, -0.1) is 0 Å². The van der Waals surface area contributed by atoms with Crippen LogP contribution in [0.4, 0.5) is 0 Å². The Morgan fingerprint density at radius 2 is 1.97 bits per heavy atom. The zero-order valence-corrected chi connectivity index (χ0v) is 18.3. The average molecular weight is 423 g/mol. The molecule has 2 aromatic carbocycles. The van der Waals surface area contributed by atoms with Gasteiger partial charge in [0.25, 0.3) is 0 Å². The molecule has 0 amide bonds. The van der Waals surface area contributed by atoms with Crippen LogP contribution in [0.2, 0.25) is 0 Å². The molecule has 0 saturated carbocycles. The summed E-state index contributed by atoms with van der Waals surface area (Å²) in [4.78, 5) is 8.54. The van der Waals surface area contributed by atoms with Crippen molar-refractivity contribution >= 4 is 5.96 Å². The third kappa shape index (κ3) is 6.82. The van der Waals surface area contributed by atoms with Gasteiger partial charge in [-0.3, -0.25) is 10.1 Å². The first-order chi connectivity index (χ1) is 15.2. The number of hydrogen-bond acceptors (Lipinski definition) is 5. The van der Waals surface area contributed by atoms with E-state index in [0.29, 0.717) is 26.3 Å². The molecule has 3 aromatic rings. The molecule has 0 spiro atoms. The molecule has 0 atom stereocenters. The van der Waals surface area contributed by atoms with Crippen LogP contribution in [0.15, 0.2) is 53.8 Å². The summed E-state index contributed by atoms with van der Waals surface area (Å²) in [5, 5.41) is 13.5. The van der Waals surface area contributed by atoms with Crippen LogP contribution in [0.3, 0.4) is 0 Å². The summed E-state index contributed by atoms with van der Waals surface area (Å²) < 4.78 is 11.1. The fraction of sp³-hybridized carbons (Fsp3) is 0.348. The molecule has 1 aromatic heterocycles. The zero-order chi connectivity index (χ0) is 21.9. The Labute approximate surface area is 183 Å². The number of hydrogen-bond donors (Lipinski definition) is 3. The molecule has 0 aliphatic carbocycles. The summed E-state index contributed by atoms with van der Waals surface area (Å²) in [6.07, 6.45) is 2.36. The van der Waals surface area contributed by atoms with Crippen LogP contribution >= 0.6 is 0 Å². The van der Waals surface area contributed by atoms with E-state index in [1.165, 1.54) is 11.9 Å². The number of aromatic nitrogens is 3. The lowest BCUT2D eigenvalue weighted by molar-refractivity contribution is 0.171. The minimum Gasteiger partial charge on any atom is -0.493 e. The number of nitrogens with zero attached hydrogens (tertiary/aromatic N) is 3. The van der Waals surface area contributed by atoms with E-state index in [0.717, 1.165) is 40.6 Å². The summed E-state index contributed by atoms with van der Waals surface area (Å²) in [5.74, 6) is 2.36. The van der Waals surface area contributed by atoms with Crippen molar-refractivity contribution in [2.24, 2.45) is 4.99 Å². The van der Waals surface area contributed by atoms with E-state index in [1.807, 2.05) is 12.1 Å². The summed E-state index contributed by atoms with van der Waals surface area (Å²) in [7, 11) is 3.46. The zero-order valence-electron chi connectivity index (χ0n) is 18.3. The minimum atomic E-state index is 0.609. The third-order valence-corrected chi connectivity index (χ3v) is 4.72. The lowest BCUT2D eigenvalue weighted by Crippen LogP contribution is -2.36. The van der Waals surface area contributed by atoms with E-state index >= 15 is 0 Å². The van der Waals surface area contributed by atoms with Crippen LogP contribution < -0.4 is 15.4 Å². The van der Waals surface area contributed by atoms with Gasteiger partial charge in [0.15, 0.2) is 11.8 Å². The number of aryl methyl sites for hydroxylation is 1. The number of nitrogens with one attached hydrogen (secondary N) is 3. The molecule has 0 radical (unpaired) electrons. The molecule has 8 heteroatoms. The van der Waals surface area contributed by atoms with Crippen LogP contribution in [0, 0.1) is 6.92 Å². The van der Waals surface area contributed by atoms with Gasteiger partial charge in [-0.2, -0.15) is 5.10 Å². The van der Waals surface area contributed by atoms with Crippen molar-refractivity contribution < 1.29 is 9.47 Å². The maximum Gasteiger partial charge on any atom is 0.191 e. The fourth-order valence-electron chi connectivity index (χ4n) is 3.09. The van der Waals surface area contributed by atoms with E-state index in [2.05, 4.69) is 68.1 Å². The van der Waals surface area contributed by atoms with Crippen molar-refractivity contribution in [2.75, 3.05) is 27.4 Å². The molecule has 1 heterocycles. The molecule has 0 bridgehead atoms. The van der Waals surface area contributed by atoms with Crippen LogP contribution in [0.1, 0.15) is 23.1 Å². The smallest absolute Gasteiger partial charge is 0.191 e. The molecular formula is C23H30N6O2. The highest BCUT2D eigenvalue weighted by molar-refractivity contribution is 5.79. The van der Waals surface area contributed by atoms with Crippen molar-refractivity contribution in [3.63, 3.8) is 0 Å². The molecule has 164 valence electrons. The Kier molecular flexibility index (Phi) is 8.42. The second-order valence-electron chi connectivity index (χ2n) is 7.12. The van der Waals surface area contributed by atoms with E-state index in [9.17, 15) is 0 Å². The molecule has 0 unspecified atom stereocenters. The molecule has 3 rings (SSSR count). The number of rotatable bonds is 10. The van der Waals surface area contributed by atoms with Gasteiger partial charge in [-0.05, 0) is 30.2 Å². The van der Waals surface area contributed by atoms with Gasteiger partial charge < -0.3 is 20.1 Å². The van der Waals surface area contributed by atoms with Crippen LogP contribution in [0.5, 0.6) is 5.75 Å². The fourth-order valence-corrected chi connectivity index (χ4v) is 3.09. The second-order valence-corrected chi connectivity index (χ2v) is 7.12. The highest BCUT2D eigenvalue weighted by Crippen LogP contribution is 2.20. The Hall–Kier alpha value is -3.39. The third-order valence-electron chi connectivity index (χ3n) is 4.72. The summed E-state index contributed by atoms with van der Waals surface area (Å²) >= 11 is 0. The van der Waals surface area contributed by atoms with Crippen molar-refractivity contribution in [3.8, 4) is 17.1 Å². The highest BCUT2D eigenvalue weighted by Gasteiger charge is 2.07. The van der Waals surface area contributed by atoms with Crippen molar-refractivity contribution in [3.05, 3.63) is 65.5 Å². The van der Waals surface area contributed by atoms with Crippen LogP contribution in [-0.2, 0) is 17.8 Å². The summed E-state index contributed by atoms with van der Waals surface area (Å²) in [6.45, 7) is 4.62. The van der Waals surface area contributed by atoms with Gasteiger partial charge >= 0.3 is 0 Å². The van der Waals surface area contributed by atoms with Crippen molar-refractivity contribution in [2.45, 2.75) is 26.4 Å². The molecular weight excluding hydrogens is 392 g/mol. The van der Waals surface area contributed by atoms with Crippen LogP contribution in [0.25, 0.3) is 11.4 Å². The molecule has 0 saturated heterocycles. The van der Waals surface area contributed by atoms with Gasteiger partial charge in [0.2, 0.25) is 0 Å². The Morgan fingerprint density at radius 1 is 1.10 bits per heavy atom. The molecule has 31 heavy (non-hydrogen) atoms. The van der Waals surface area contributed by atoms with Gasteiger partial charge in [-0.25, -0.2) is 4.98 Å². The lowest BCUT2D eigenvalue weighted by atomic mass is 10.1. The summed E-state index contributed by atoms with van der Waals surface area (Å²) in [5.41, 5.74) is 4.36. The largest absolute Gasteiger partial charge is 0.493 e. The lowest BCUT2D eigenvalue weighted by Gasteiger charge is -2.16. The van der Waals surface area contributed by atoms with E-state index in [4.69, 9.17) is 9.47 Å². The number of ether oxygens (including phenoxy) is 2. The molecule has 3 N–H and O–H groups in total. The molecule has 0 aliphatic rings. The van der Waals surface area contributed by atoms with E-state index in [-0.39, 0.29) is 0 Å². The summed E-state index contributed by atoms with van der Waals surface area (Å²) in [6, 6.07) is 14.4. The SMILES string of the molecule is CN=C(NCc1cccc(-c2ncn[nH]2)c1)NCc1ccc(C)cc1OCCCOC. The molecule has 0 aliphatic heterocycles. The standard InChI is InChI=1S/C23H30N6O2/c1-17-8-9-20(21(12-17)31-11-5-10-30-3)15-26-23(24-2)25-14-18-6-4-7-19(13-18)22-27-16-28-29-22/h4,6-9,12-13,16H,5,10-11,14-15H2,1-3H3,(H2,24,25,26)(H,27,28,29). The van der Waals surface area contributed by atoms with E-state index < -0.39 is 0 Å². The van der Waals surface area contributed by atoms with Gasteiger partial charge in [0.1, 0.15) is 12.1 Å². The number of H-pyrrole nitrogens is 1. The maximum absolute atomic E-state index is 5.97.